The number of nitrogens with two attached hydrogens (primary N) is 1. The van der Waals surface area contributed by atoms with Crippen LogP contribution in [0.1, 0.15) is 5.56 Å². The van der Waals surface area contributed by atoms with Crippen molar-refractivity contribution in [3.05, 3.63) is 54.4 Å². The first-order chi connectivity index (χ1) is 9.33. The van der Waals surface area contributed by atoms with Crippen molar-refractivity contribution in [2.75, 3.05) is 17.6 Å². The zero-order valence-electron chi connectivity index (χ0n) is 10.6. The van der Waals surface area contributed by atoms with Gasteiger partial charge in [0.15, 0.2) is 0 Å². The highest BCUT2D eigenvalue weighted by atomic mass is 15.0. The first-order valence-electron chi connectivity index (χ1n) is 6.33. The Morgan fingerprint density at radius 2 is 2.11 bits per heavy atom. The molecule has 1 aromatic carbocycles. The molecular formula is C15H16N4. The Bertz CT molecular complexity index is 687. The fourth-order valence-electron chi connectivity index (χ4n) is 2.21. The second-order valence-corrected chi connectivity index (χ2v) is 4.51. The van der Waals surface area contributed by atoms with Crippen molar-refractivity contribution in [1.82, 2.24) is 9.97 Å². The molecule has 0 saturated heterocycles. The van der Waals surface area contributed by atoms with Crippen LogP contribution in [0.25, 0.3) is 10.9 Å². The predicted molar refractivity (Wildman–Crippen MR) is 79.1 cm³/mol. The molecule has 0 radical (unpaired) electrons. The molecule has 4 N–H and O–H groups in total. The van der Waals surface area contributed by atoms with E-state index in [0.29, 0.717) is 0 Å². The molecule has 3 aromatic rings. The van der Waals surface area contributed by atoms with Crippen LogP contribution < -0.4 is 11.1 Å². The summed E-state index contributed by atoms with van der Waals surface area (Å²) in [5.74, 6) is 0.819. The molecular weight excluding hydrogens is 236 g/mol. The van der Waals surface area contributed by atoms with E-state index in [-0.39, 0.29) is 0 Å². The van der Waals surface area contributed by atoms with Gasteiger partial charge >= 0.3 is 0 Å². The molecule has 2 aromatic heterocycles. The van der Waals surface area contributed by atoms with Gasteiger partial charge in [0.1, 0.15) is 5.82 Å². The molecule has 3 rings (SSSR count). The van der Waals surface area contributed by atoms with Crippen molar-refractivity contribution in [2.24, 2.45) is 0 Å². The van der Waals surface area contributed by atoms with Crippen molar-refractivity contribution in [3.8, 4) is 0 Å². The zero-order valence-corrected chi connectivity index (χ0v) is 10.6. The number of hydrogen-bond donors (Lipinski definition) is 3. The Balaban J connectivity index is 1.66. The maximum atomic E-state index is 5.71. The predicted octanol–water partition coefficient (Wildman–Crippen LogP) is 2.80. The minimum Gasteiger partial charge on any atom is -0.399 e. The number of nitrogen functional groups attached to an aromatic ring is 1. The fourth-order valence-corrected chi connectivity index (χ4v) is 2.21. The smallest absolute Gasteiger partial charge is 0.127 e. The van der Waals surface area contributed by atoms with Crippen LogP contribution in [0.2, 0.25) is 0 Å². The summed E-state index contributed by atoms with van der Waals surface area (Å²) in [4.78, 5) is 7.50. The first kappa shape index (κ1) is 11.6. The molecule has 0 unspecified atom stereocenters. The molecule has 0 aliphatic heterocycles. The van der Waals surface area contributed by atoms with Crippen LogP contribution in [0.4, 0.5) is 11.5 Å². The average molecular weight is 252 g/mol. The molecule has 19 heavy (non-hydrogen) atoms. The monoisotopic (exact) mass is 252 g/mol. The van der Waals surface area contributed by atoms with Crippen molar-refractivity contribution < 1.29 is 0 Å². The quantitative estimate of drug-likeness (QED) is 0.669. The molecule has 0 aliphatic carbocycles. The summed E-state index contributed by atoms with van der Waals surface area (Å²) in [6.07, 6.45) is 4.73. The number of aromatic nitrogens is 2. The normalized spacial score (nSPS) is 10.7. The number of rotatable bonds is 4. The minimum atomic E-state index is 0.726. The van der Waals surface area contributed by atoms with Gasteiger partial charge in [0, 0.05) is 41.6 Å². The third kappa shape index (κ3) is 2.52. The second kappa shape index (κ2) is 5.02. The van der Waals surface area contributed by atoms with Crippen LogP contribution in [0.15, 0.2) is 48.8 Å². The number of nitrogens with one attached hydrogen (secondary N) is 2. The van der Waals surface area contributed by atoms with Crippen LogP contribution in [-0.4, -0.2) is 16.5 Å². The Morgan fingerprint density at radius 1 is 1.21 bits per heavy atom. The lowest BCUT2D eigenvalue weighted by Crippen LogP contribution is -2.06. The number of aromatic amines is 1. The number of para-hydroxylation sites is 1. The average Bonchev–Trinajstić information content (AvgIpc) is 2.83. The molecule has 4 heteroatoms. The van der Waals surface area contributed by atoms with E-state index in [9.17, 15) is 0 Å². The SMILES string of the molecule is Nc1ccnc(NCCc2c[nH]c3ccccc23)c1. The molecule has 0 aliphatic rings. The number of H-pyrrole nitrogens is 1. The third-order valence-corrected chi connectivity index (χ3v) is 3.16. The third-order valence-electron chi connectivity index (χ3n) is 3.16. The largest absolute Gasteiger partial charge is 0.399 e. The van der Waals surface area contributed by atoms with Crippen LogP contribution in [-0.2, 0) is 6.42 Å². The molecule has 0 bridgehead atoms. The standard InChI is InChI=1S/C15H16N4/c16-12-6-8-18-15(9-12)17-7-5-11-10-19-14-4-2-1-3-13(11)14/h1-4,6,8-10,19H,5,7H2,(H3,16,17,18). The number of anilines is 2. The van der Waals surface area contributed by atoms with E-state index in [1.54, 1.807) is 12.3 Å². The van der Waals surface area contributed by atoms with Gasteiger partial charge in [-0.05, 0) is 24.1 Å². The Kier molecular flexibility index (Phi) is 3.06. The lowest BCUT2D eigenvalue weighted by Gasteiger charge is -2.05. The molecule has 96 valence electrons. The van der Waals surface area contributed by atoms with Crippen molar-refractivity contribution >= 4 is 22.4 Å². The number of benzene rings is 1. The summed E-state index contributed by atoms with van der Waals surface area (Å²) in [6, 6.07) is 12.0. The van der Waals surface area contributed by atoms with Gasteiger partial charge in [0.05, 0.1) is 0 Å². The van der Waals surface area contributed by atoms with Crippen LogP contribution in [0, 0.1) is 0 Å². The summed E-state index contributed by atoms with van der Waals surface area (Å²) in [7, 11) is 0. The molecule has 0 spiro atoms. The van der Waals surface area contributed by atoms with Crippen LogP contribution in [0.5, 0.6) is 0 Å². The molecule has 0 atom stereocenters. The van der Waals surface area contributed by atoms with Gasteiger partial charge in [-0.1, -0.05) is 18.2 Å². The summed E-state index contributed by atoms with van der Waals surface area (Å²) < 4.78 is 0. The number of hydrogen-bond acceptors (Lipinski definition) is 3. The summed E-state index contributed by atoms with van der Waals surface area (Å²) >= 11 is 0. The van der Waals surface area contributed by atoms with E-state index in [0.717, 1.165) is 24.5 Å². The highest BCUT2D eigenvalue weighted by molar-refractivity contribution is 5.83. The van der Waals surface area contributed by atoms with E-state index in [1.807, 2.05) is 12.1 Å². The van der Waals surface area contributed by atoms with Crippen LogP contribution in [0.3, 0.4) is 0 Å². The lowest BCUT2D eigenvalue weighted by molar-refractivity contribution is 1.01. The van der Waals surface area contributed by atoms with Gasteiger partial charge in [-0.15, -0.1) is 0 Å². The molecule has 4 nitrogen and oxygen atoms in total. The van der Waals surface area contributed by atoms with Gasteiger partial charge in [0.25, 0.3) is 0 Å². The Labute approximate surface area is 111 Å². The first-order valence-corrected chi connectivity index (χ1v) is 6.33. The van der Waals surface area contributed by atoms with Gasteiger partial charge in [-0.3, -0.25) is 0 Å². The molecule has 0 saturated carbocycles. The number of fused-ring (bicyclic) bond motifs is 1. The highest BCUT2D eigenvalue weighted by Crippen LogP contribution is 2.18. The van der Waals surface area contributed by atoms with Crippen molar-refractivity contribution in [3.63, 3.8) is 0 Å². The minimum absolute atomic E-state index is 0.726. The summed E-state index contributed by atoms with van der Waals surface area (Å²) in [6.45, 7) is 0.832. The number of pyridine rings is 1. The Morgan fingerprint density at radius 3 is 3.00 bits per heavy atom. The van der Waals surface area contributed by atoms with E-state index < -0.39 is 0 Å². The van der Waals surface area contributed by atoms with Gasteiger partial charge in [-0.2, -0.15) is 0 Å². The van der Waals surface area contributed by atoms with E-state index >= 15 is 0 Å². The maximum absolute atomic E-state index is 5.71. The Hall–Kier alpha value is -2.49. The van der Waals surface area contributed by atoms with E-state index in [4.69, 9.17) is 5.73 Å². The topological polar surface area (TPSA) is 66.7 Å². The van der Waals surface area contributed by atoms with E-state index in [2.05, 4.69) is 39.7 Å². The second-order valence-electron chi connectivity index (χ2n) is 4.51. The van der Waals surface area contributed by atoms with Crippen molar-refractivity contribution in [2.45, 2.75) is 6.42 Å². The molecule has 0 fully saturated rings. The van der Waals surface area contributed by atoms with Gasteiger partial charge < -0.3 is 16.0 Å². The van der Waals surface area contributed by atoms with Crippen LogP contribution >= 0.6 is 0 Å². The summed E-state index contributed by atoms with van der Waals surface area (Å²) in [5.41, 5.74) is 8.93. The van der Waals surface area contributed by atoms with Gasteiger partial charge in [-0.25, -0.2) is 4.98 Å². The van der Waals surface area contributed by atoms with Gasteiger partial charge in [0.2, 0.25) is 0 Å². The van der Waals surface area contributed by atoms with E-state index in [1.165, 1.54) is 16.5 Å². The number of nitrogens with zero attached hydrogens (tertiary/aromatic N) is 1. The molecule has 0 amide bonds. The van der Waals surface area contributed by atoms with Crippen molar-refractivity contribution in [1.29, 1.82) is 0 Å². The molecule has 2 heterocycles. The maximum Gasteiger partial charge on any atom is 0.127 e. The summed E-state index contributed by atoms with van der Waals surface area (Å²) in [5, 5.41) is 4.57. The lowest BCUT2D eigenvalue weighted by atomic mass is 10.1. The fraction of sp³-hybridized carbons (Fsp3) is 0.133. The highest BCUT2D eigenvalue weighted by Gasteiger charge is 2.02. The zero-order chi connectivity index (χ0) is 13.1.